The molecule has 0 radical (unpaired) electrons. The Hall–Kier alpha value is -1.44. The molecule has 0 N–H and O–H groups in total. The molecule has 0 bridgehead atoms. The summed E-state index contributed by atoms with van der Waals surface area (Å²) in [7, 11) is 0. The van der Waals surface area contributed by atoms with Crippen molar-refractivity contribution in [3.8, 4) is 0 Å². The van der Waals surface area contributed by atoms with Crippen LogP contribution in [0.4, 0.5) is 0 Å². The number of Topliss-reactive ketones (excluding diaryl/α,β-unsaturated/α-hetero) is 1. The van der Waals surface area contributed by atoms with Gasteiger partial charge < -0.3 is 0 Å². The number of hydrogen-bond acceptors (Lipinski definition) is 2. The van der Waals surface area contributed by atoms with Gasteiger partial charge in [-0.15, -0.1) is 0 Å². The second-order valence-electron chi connectivity index (χ2n) is 5.47. The van der Waals surface area contributed by atoms with E-state index in [-0.39, 0.29) is 11.6 Å². The van der Waals surface area contributed by atoms with Crippen molar-refractivity contribution in [2.75, 3.05) is 0 Å². The molecule has 1 rings (SSSR count). The van der Waals surface area contributed by atoms with Crippen molar-refractivity contribution in [2.24, 2.45) is 5.92 Å². The van der Waals surface area contributed by atoms with Crippen LogP contribution in [-0.2, 0) is 9.59 Å². The molecule has 2 nitrogen and oxygen atoms in total. The maximum absolute atomic E-state index is 11.6. The van der Waals surface area contributed by atoms with E-state index >= 15 is 0 Å². The summed E-state index contributed by atoms with van der Waals surface area (Å²) in [6.07, 6.45) is 14.2. The molecule has 1 aliphatic carbocycles. The Labute approximate surface area is 116 Å². The zero-order valence-corrected chi connectivity index (χ0v) is 12.0. The van der Waals surface area contributed by atoms with E-state index in [1.165, 1.54) is 12.8 Å². The molecule has 0 atom stereocenters. The Bertz CT molecular complexity index is 397. The molecule has 0 aromatic heterocycles. The summed E-state index contributed by atoms with van der Waals surface area (Å²) in [5.74, 6) is 0.948. The van der Waals surface area contributed by atoms with Crippen LogP contribution in [0.5, 0.6) is 0 Å². The molecule has 0 fully saturated rings. The predicted molar refractivity (Wildman–Crippen MR) is 78.9 cm³/mol. The monoisotopic (exact) mass is 260 g/mol. The fourth-order valence-electron chi connectivity index (χ4n) is 2.00. The Morgan fingerprint density at radius 2 is 2.11 bits per heavy atom. The predicted octanol–water partition coefficient (Wildman–Crippen LogP) is 4.17. The lowest BCUT2D eigenvalue weighted by Crippen LogP contribution is -2.02. The average Bonchev–Trinajstić information content (AvgIpc) is 2.37. The van der Waals surface area contributed by atoms with E-state index in [0.717, 1.165) is 18.8 Å². The number of carbonyl (C=O) groups is 2. The SMILES string of the molecule is CC(C)CCCCCC(=O)C=CC1=CC=CCC1=O. The van der Waals surface area contributed by atoms with Gasteiger partial charge in [-0.1, -0.05) is 51.3 Å². The van der Waals surface area contributed by atoms with Crippen molar-refractivity contribution in [3.05, 3.63) is 36.0 Å². The molecule has 0 heterocycles. The van der Waals surface area contributed by atoms with Crippen molar-refractivity contribution in [1.29, 1.82) is 0 Å². The summed E-state index contributed by atoms with van der Waals surface area (Å²) in [5, 5.41) is 0. The molecule has 0 saturated carbocycles. The van der Waals surface area contributed by atoms with Crippen LogP contribution < -0.4 is 0 Å². The first-order chi connectivity index (χ1) is 9.09. The van der Waals surface area contributed by atoms with E-state index in [1.54, 1.807) is 18.2 Å². The van der Waals surface area contributed by atoms with Gasteiger partial charge in [-0.3, -0.25) is 9.59 Å². The molecule has 0 amide bonds. The molecule has 0 aromatic rings. The molecule has 104 valence electrons. The Morgan fingerprint density at radius 1 is 1.32 bits per heavy atom. The van der Waals surface area contributed by atoms with Crippen LogP contribution in [0.2, 0.25) is 0 Å². The molecule has 0 spiro atoms. The molecule has 0 aromatic carbocycles. The van der Waals surface area contributed by atoms with Crippen LogP contribution in [0.25, 0.3) is 0 Å². The van der Waals surface area contributed by atoms with Gasteiger partial charge in [-0.05, 0) is 24.5 Å². The Morgan fingerprint density at radius 3 is 2.79 bits per heavy atom. The first-order valence-electron chi connectivity index (χ1n) is 7.20. The van der Waals surface area contributed by atoms with E-state index in [9.17, 15) is 9.59 Å². The molecule has 0 saturated heterocycles. The van der Waals surface area contributed by atoms with Crippen molar-refractivity contribution >= 4 is 11.6 Å². The standard InChI is InChI=1S/C17H24O2/c1-14(2)8-4-3-5-10-16(18)13-12-15-9-6-7-11-17(15)19/h6-7,9,12-14H,3-5,8,10-11H2,1-2H3. The van der Waals surface area contributed by atoms with Gasteiger partial charge in [0.1, 0.15) is 0 Å². The summed E-state index contributed by atoms with van der Waals surface area (Å²) < 4.78 is 0. The van der Waals surface area contributed by atoms with Crippen molar-refractivity contribution < 1.29 is 9.59 Å². The number of ketones is 2. The molecule has 1 aliphatic rings. The minimum absolute atomic E-state index is 0.0866. The number of rotatable bonds is 8. The van der Waals surface area contributed by atoms with Crippen LogP contribution in [0.1, 0.15) is 52.4 Å². The fraction of sp³-hybridized carbons (Fsp3) is 0.529. The molecular weight excluding hydrogens is 236 g/mol. The summed E-state index contributed by atoms with van der Waals surface area (Å²) in [4.78, 5) is 23.1. The van der Waals surface area contributed by atoms with Crippen molar-refractivity contribution in [1.82, 2.24) is 0 Å². The second kappa shape index (κ2) is 8.63. The third kappa shape index (κ3) is 6.90. The van der Waals surface area contributed by atoms with E-state index in [2.05, 4.69) is 13.8 Å². The van der Waals surface area contributed by atoms with Gasteiger partial charge in [0.05, 0.1) is 0 Å². The highest BCUT2D eigenvalue weighted by molar-refractivity contribution is 6.02. The van der Waals surface area contributed by atoms with Crippen LogP contribution in [-0.4, -0.2) is 11.6 Å². The quantitative estimate of drug-likeness (QED) is 0.485. The highest BCUT2D eigenvalue weighted by atomic mass is 16.1. The zero-order chi connectivity index (χ0) is 14.1. The van der Waals surface area contributed by atoms with Crippen LogP contribution in [0, 0.1) is 5.92 Å². The molecule has 0 unspecified atom stereocenters. The highest BCUT2D eigenvalue weighted by Crippen LogP contribution is 2.11. The minimum Gasteiger partial charge on any atom is -0.295 e. The average molecular weight is 260 g/mol. The first-order valence-corrected chi connectivity index (χ1v) is 7.20. The van der Waals surface area contributed by atoms with E-state index in [1.807, 2.05) is 12.2 Å². The fourth-order valence-corrected chi connectivity index (χ4v) is 2.00. The van der Waals surface area contributed by atoms with E-state index < -0.39 is 0 Å². The largest absolute Gasteiger partial charge is 0.295 e. The lowest BCUT2D eigenvalue weighted by atomic mass is 10.0. The summed E-state index contributed by atoms with van der Waals surface area (Å²) in [5.41, 5.74) is 0.635. The van der Waals surface area contributed by atoms with Gasteiger partial charge in [0, 0.05) is 18.4 Å². The lowest BCUT2D eigenvalue weighted by molar-refractivity contribution is -0.115. The highest BCUT2D eigenvalue weighted by Gasteiger charge is 2.07. The summed E-state index contributed by atoms with van der Waals surface area (Å²) >= 11 is 0. The number of unbranched alkanes of at least 4 members (excludes halogenated alkanes) is 2. The maximum Gasteiger partial charge on any atom is 0.166 e. The number of hydrogen-bond donors (Lipinski definition) is 0. The summed E-state index contributed by atoms with van der Waals surface area (Å²) in [6.45, 7) is 4.44. The zero-order valence-electron chi connectivity index (χ0n) is 12.0. The molecular formula is C17H24O2. The number of allylic oxidation sites excluding steroid dienone is 6. The lowest BCUT2D eigenvalue weighted by Gasteiger charge is -2.03. The Kier molecular flexibility index (Phi) is 7.09. The maximum atomic E-state index is 11.6. The van der Waals surface area contributed by atoms with Gasteiger partial charge >= 0.3 is 0 Å². The van der Waals surface area contributed by atoms with Gasteiger partial charge in [-0.2, -0.15) is 0 Å². The van der Waals surface area contributed by atoms with Gasteiger partial charge in [0.15, 0.2) is 11.6 Å². The van der Waals surface area contributed by atoms with Crippen LogP contribution >= 0.6 is 0 Å². The van der Waals surface area contributed by atoms with Gasteiger partial charge in [-0.25, -0.2) is 0 Å². The van der Waals surface area contributed by atoms with E-state index in [4.69, 9.17) is 0 Å². The van der Waals surface area contributed by atoms with Crippen molar-refractivity contribution in [3.63, 3.8) is 0 Å². The minimum atomic E-state index is 0.0866. The third-order valence-electron chi connectivity index (χ3n) is 3.19. The molecule has 0 aliphatic heterocycles. The topological polar surface area (TPSA) is 34.1 Å². The Balaban J connectivity index is 2.22. The van der Waals surface area contributed by atoms with Crippen LogP contribution in [0.3, 0.4) is 0 Å². The van der Waals surface area contributed by atoms with Crippen LogP contribution in [0.15, 0.2) is 36.0 Å². The normalized spacial score (nSPS) is 15.3. The first kappa shape index (κ1) is 15.6. The number of carbonyl (C=O) groups excluding carboxylic acids is 2. The van der Waals surface area contributed by atoms with Crippen molar-refractivity contribution in [2.45, 2.75) is 52.4 Å². The van der Waals surface area contributed by atoms with Gasteiger partial charge in [0.25, 0.3) is 0 Å². The van der Waals surface area contributed by atoms with Gasteiger partial charge in [0.2, 0.25) is 0 Å². The second-order valence-corrected chi connectivity index (χ2v) is 5.47. The van der Waals surface area contributed by atoms with E-state index in [0.29, 0.717) is 18.4 Å². The summed E-state index contributed by atoms with van der Waals surface area (Å²) in [6, 6.07) is 0. The smallest absolute Gasteiger partial charge is 0.166 e. The molecule has 19 heavy (non-hydrogen) atoms. The molecule has 2 heteroatoms. The third-order valence-corrected chi connectivity index (χ3v) is 3.19.